The molecule has 0 aliphatic rings. The monoisotopic (exact) mass is 335 g/mol. The van der Waals surface area contributed by atoms with Crippen molar-refractivity contribution >= 4 is 27.5 Å². The molecule has 0 saturated heterocycles. The number of hydrogen-bond donors (Lipinski definition) is 1. The lowest BCUT2D eigenvalue weighted by Gasteiger charge is -2.17. The number of benzene rings is 2. The number of hydrogen-bond acceptors (Lipinski definition) is 3. The van der Waals surface area contributed by atoms with Gasteiger partial charge in [-0.25, -0.2) is 4.98 Å². The average Bonchev–Trinajstić information content (AvgIpc) is 2.64. The molecule has 0 fully saturated rings. The lowest BCUT2D eigenvalue weighted by molar-refractivity contribution is 0.298. The van der Waals surface area contributed by atoms with E-state index in [0.29, 0.717) is 0 Å². The van der Waals surface area contributed by atoms with Gasteiger partial charge in [0.2, 0.25) is 0 Å². The van der Waals surface area contributed by atoms with Crippen LogP contribution in [-0.4, -0.2) is 36.1 Å². The zero-order valence-corrected chi connectivity index (χ0v) is 15.7. The normalized spacial score (nSPS) is 11.5. The Morgan fingerprint density at radius 3 is 2.56 bits per heavy atom. The Labute approximate surface area is 151 Å². The highest BCUT2D eigenvalue weighted by Crippen LogP contribution is 2.27. The van der Waals surface area contributed by atoms with Gasteiger partial charge in [-0.15, -0.1) is 0 Å². The fourth-order valence-corrected chi connectivity index (χ4v) is 3.44. The van der Waals surface area contributed by atoms with E-state index in [4.69, 9.17) is 4.98 Å². The van der Waals surface area contributed by atoms with Gasteiger partial charge >= 0.3 is 0 Å². The standard InChI is InChI=1S/C22H29N3/c1-4-25(5-2)15-9-8-14-23-21-16-17(3)19-13-12-18-10-6-7-11-20(18)22(19)24-21/h6-7,10-13,16H,4-5,8-9,14-15H2,1-3H3,(H,23,24). The van der Waals surface area contributed by atoms with Gasteiger partial charge in [0.15, 0.2) is 0 Å². The van der Waals surface area contributed by atoms with E-state index in [1.807, 2.05) is 0 Å². The van der Waals surface area contributed by atoms with Crippen LogP contribution in [0.15, 0.2) is 42.5 Å². The number of unbranched alkanes of at least 4 members (excludes halogenated alkanes) is 1. The van der Waals surface area contributed by atoms with Gasteiger partial charge in [-0.3, -0.25) is 0 Å². The maximum atomic E-state index is 4.91. The lowest BCUT2D eigenvalue weighted by atomic mass is 10.0. The van der Waals surface area contributed by atoms with Crippen LogP contribution in [0.3, 0.4) is 0 Å². The number of pyridine rings is 1. The largest absolute Gasteiger partial charge is 0.370 e. The second-order valence-electron chi connectivity index (χ2n) is 6.67. The van der Waals surface area contributed by atoms with E-state index < -0.39 is 0 Å². The first-order valence-electron chi connectivity index (χ1n) is 9.48. The molecule has 1 aromatic heterocycles. The fourth-order valence-electron chi connectivity index (χ4n) is 3.44. The molecule has 3 rings (SSSR count). The Kier molecular flexibility index (Phi) is 5.87. The van der Waals surface area contributed by atoms with Crippen molar-refractivity contribution in [2.45, 2.75) is 33.6 Å². The highest BCUT2D eigenvalue weighted by molar-refractivity contribution is 6.06. The first kappa shape index (κ1) is 17.7. The molecule has 0 saturated carbocycles. The number of aryl methyl sites for hydroxylation is 1. The van der Waals surface area contributed by atoms with Crippen LogP contribution in [-0.2, 0) is 0 Å². The minimum atomic E-state index is 0.976. The Morgan fingerprint density at radius 1 is 0.960 bits per heavy atom. The van der Waals surface area contributed by atoms with Crippen LogP contribution in [0.2, 0.25) is 0 Å². The van der Waals surface area contributed by atoms with Crippen molar-refractivity contribution in [3.05, 3.63) is 48.0 Å². The van der Waals surface area contributed by atoms with Gasteiger partial charge in [0.25, 0.3) is 0 Å². The summed E-state index contributed by atoms with van der Waals surface area (Å²) in [5, 5.41) is 7.24. The van der Waals surface area contributed by atoms with Crippen molar-refractivity contribution in [3.63, 3.8) is 0 Å². The number of anilines is 1. The van der Waals surface area contributed by atoms with Gasteiger partial charge < -0.3 is 10.2 Å². The van der Waals surface area contributed by atoms with Crippen molar-refractivity contribution in [3.8, 4) is 0 Å². The fraction of sp³-hybridized carbons (Fsp3) is 0.409. The van der Waals surface area contributed by atoms with Gasteiger partial charge in [0, 0.05) is 17.3 Å². The minimum absolute atomic E-state index is 0.976. The van der Waals surface area contributed by atoms with Gasteiger partial charge in [-0.05, 0) is 56.4 Å². The number of fused-ring (bicyclic) bond motifs is 3. The van der Waals surface area contributed by atoms with E-state index in [1.165, 1.54) is 41.1 Å². The second-order valence-corrected chi connectivity index (χ2v) is 6.67. The van der Waals surface area contributed by atoms with Crippen molar-refractivity contribution in [1.82, 2.24) is 9.88 Å². The van der Waals surface area contributed by atoms with E-state index in [9.17, 15) is 0 Å². The quantitative estimate of drug-likeness (QED) is 0.451. The van der Waals surface area contributed by atoms with Crippen molar-refractivity contribution in [2.24, 2.45) is 0 Å². The summed E-state index contributed by atoms with van der Waals surface area (Å²) >= 11 is 0. The topological polar surface area (TPSA) is 28.2 Å². The number of aromatic nitrogens is 1. The summed E-state index contributed by atoms with van der Waals surface area (Å²) in [5.74, 6) is 0.990. The molecule has 3 heteroatoms. The molecule has 0 aliphatic carbocycles. The minimum Gasteiger partial charge on any atom is -0.370 e. The molecule has 3 aromatic rings. The Bertz CT molecular complexity index is 837. The third-order valence-electron chi connectivity index (χ3n) is 5.01. The second kappa shape index (κ2) is 8.30. The third kappa shape index (κ3) is 4.10. The van der Waals surface area contributed by atoms with Gasteiger partial charge in [0.1, 0.15) is 5.82 Å². The van der Waals surface area contributed by atoms with E-state index in [1.54, 1.807) is 0 Å². The summed E-state index contributed by atoms with van der Waals surface area (Å²) in [6.45, 7) is 11.1. The van der Waals surface area contributed by atoms with Crippen molar-refractivity contribution in [2.75, 3.05) is 31.5 Å². The highest BCUT2D eigenvalue weighted by Gasteiger charge is 2.06. The molecule has 0 amide bonds. The molecular weight excluding hydrogens is 306 g/mol. The molecule has 0 unspecified atom stereocenters. The Morgan fingerprint density at radius 2 is 1.76 bits per heavy atom. The number of rotatable bonds is 8. The summed E-state index contributed by atoms with van der Waals surface area (Å²) in [5.41, 5.74) is 2.38. The molecule has 3 nitrogen and oxygen atoms in total. The molecule has 0 radical (unpaired) electrons. The van der Waals surface area contributed by atoms with E-state index in [2.05, 4.69) is 73.5 Å². The first-order valence-corrected chi connectivity index (χ1v) is 9.48. The molecule has 0 aliphatic heterocycles. The molecule has 2 aromatic carbocycles. The predicted molar refractivity (Wildman–Crippen MR) is 109 cm³/mol. The molecule has 1 N–H and O–H groups in total. The predicted octanol–water partition coefficient (Wildman–Crippen LogP) is 5.23. The van der Waals surface area contributed by atoms with E-state index >= 15 is 0 Å². The summed E-state index contributed by atoms with van der Waals surface area (Å²) in [6, 6.07) is 15.0. The molecular formula is C22H29N3. The summed E-state index contributed by atoms with van der Waals surface area (Å²) in [6.07, 6.45) is 2.40. The van der Waals surface area contributed by atoms with Crippen molar-refractivity contribution in [1.29, 1.82) is 0 Å². The SMILES string of the molecule is CCN(CC)CCCCNc1cc(C)c2ccc3ccccc3c2n1. The van der Waals surface area contributed by atoms with Crippen LogP contribution in [0, 0.1) is 6.92 Å². The Balaban J connectivity index is 1.71. The molecule has 25 heavy (non-hydrogen) atoms. The molecule has 0 spiro atoms. The van der Waals surface area contributed by atoms with Crippen LogP contribution in [0.4, 0.5) is 5.82 Å². The highest BCUT2D eigenvalue weighted by atomic mass is 15.1. The zero-order chi connectivity index (χ0) is 17.6. The first-order chi connectivity index (χ1) is 12.2. The lowest BCUT2D eigenvalue weighted by Crippen LogP contribution is -2.24. The van der Waals surface area contributed by atoms with E-state index in [-0.39, 0.29) is 0 Å². The average molecular weight is 335 g/mol. The molecule has 132 valence electrons. The maximum Gasteiger partial charge on any atom is 0.126 e. The van der Waals surface area contributed by atoms with E-state index in [0.717, 1.165) is 31.0 Å². The number of nitrogens with zero attached hydrogens (tertiary/aromatic N) is 2. The van der Waals surface area contributed by atoms with Crippen LogP contribution < -0.4 is 5.32 Å². The van der Waals surface area contributed by atoms with Crippen molar-refractivity contribution < 1.29 is 0 Å². The number of nitrogens with one attached hydrogen (secondary N) is 1. The smallest absolute Gasteiger partial charge is 0.126 e. The summed E-state index contributed by atoms with van der Waals surface area (Å²) in [4.78, 5) is 7.38. The zero-order valence-electron chi connectivity index (χ0n) is 15.7. The van der Waals surface area contributed by atoms with Crippen LogP contribution in [0.1, 0.15) is 32.3 Å². The Hall–Kier alpha value is -2.13. The van der Waals surface area contributed by atoms with Gasteiger partial charge in [-0.2, -0.15) is 0 Å². The third-order valence-corrected chi connectivity index (χ3v) is 5.01. The summed E-state index contributed by atoms with van der Waals surface area (Å²) < 4.78 is 0. The maximum absolute atomic E-state index is 4.91. The van der Waals surface area contributed by atoms with Crippen LogP contribution in [0.25, 0.3) is 21.7 Å². The van der Waals surface area contributed by atoms with Crippen LogP contribution >= 0.6 is 0 Å². The molecule has 0 atom stereocenters. The van der Waals surface area contributed by atoms with Gasteiger partial charge in [0.05, 0.1) is 5.52 Å². The molecule has 1 heterocycles. The summed E-state index contributed by atoms with van der Waals surface area (Å²) in [7, 11) is 0. The van der Waals surface area contributed by atoms with Gasteiger partial charge in [-0.1, -0.05) is 50.2 Å². The molecule has 0 bridgehead atoms. The van der Waals surface area contributed by atoms with Crippen LogP contribution in [0.5, 0.6) is 0 Å².